The molecule has 0 radical (unpaired) electrons. The first-order valence-electron chi connectivity index (χ1n) is 7.24. The summed E-state index contributed by atoms with van der Waals surface area (Å²) in [6, 6.07) is 5.11. The van der Waals surface area contributed by atoms with Crippen LogP contribution in [0, 0.1) is 17.0 Å². The van der Waals surface area contributed by atoms with Crippen molar-refractivity contribution in [2.75, 3.05) is 5.73 Å². The zero-order valence-corrected chi connectivity index (χ0v) is 14.0. The Morgan fingerprint density at radius 1 is 1.44 bits per heavy atom. The van der Waals surface area contributed by atoms with Crippen LogP contribution in [0.5, 0.6) is 0 Å². The SMILES string of the molecule is Cc1c(N)cccc1/C(N)=N/OC(=O)C(C)(C)n1cc([N+](=O)[O-])cn1. The van der Waals surface area contributed by atoms with E-state index in [0.717, 1.165) is 17.1 Å². The van der Waals surface area contributed by atoms with Crippen molar-refractivity contribution in [3.05, 3.63) is 51.8 Å². The van der Waals surface area contributed by atoms with Gasteiger partial charge in [0.15, 0.2) is 11.4 Å². The molecule has 2 rings (SSSR count). The molecule has 0 atom stereocenters. The molecule has 0 bridgehead atoms. The number of anilines is 1. The average molecular weight is 346 g/mol. The molecular formula is C15H18N6O4. The number of nitro groups is 1. The summed E-state index contributed by atoms with van der Waals surface area (Å²) in [4.78, 5) is 27.3. The quantitative estimate of drug-likeness (QED) is 0.206. The monoisotopic (exact) mass is 346 g/mol. The molecule has 10 nitrogen and oxygen atoms in total. The summed E-state index contributed by atoms with van der Waals surface area (Å²) in [6.07, 6.45) is 2.18. The van der Waals surface area contributed by atoms with Crippen molar-refractivity contribution in [2.45, 2.75) is 26.3 Å². The molecule has 0 unspecified atom stereocenters. The Balaban J connectivity index is 2.19. The van der Waals surface area contributed by atoms with Crippen LogP contribution in [0.4, 0.5) is 11.4 Å². The highest BCUT2D eigenvalue weighted by Gasteiger charge is 2.34. The first-order chi connectivity index (χ1) is 11.6. The molecule has 0 aliphatic heterocycles. The minimum absolute atomic E-state index is 0.0135. The Kier molecular flexibility index (Phi) is 4.72. The van der Waals surface area contributed by atoms with Gasteiger partial charge in [0.2, 0.25) is 0 Å². The molecule has 0 fully saturated rings. The first kappa shape index (κ1) is 17.9. The largest absolute Gasteiger partial charge is 0.398 e. The van der Waals surface area contributed by atoms with Gasteiger partial charge in [-0.25, -0.2) is 9.48 Å². The Labute approximate surface area is 143 Å². The van der Waals surface area contributed by atoms with Gasteiger partial charge in [0.1, 0.15) is 12.4 Å². The summed E-state index contributed by atoms with van der Waals surface area (Å²) >= 11 is 0. The van der Waals surface area contributed by atoms with E-state index in [4.69, 9.17) is 16.3 Å². The topological polar surface area (TPSA) is 152 Å². The van der Waals surface area contributed by atoms with Crippen molar-refractivity contribution >= 4 is 23.2 Å². The first-order valence-corrected chi connectivity index (χ1v) is 7.24. The molecular weight excluding hydrogens is 328 g/mol. The van der Waals surface area contributed by atoms with Gasteiger partial charge in [-0.15, -0.1) is 0 Å². The van der Waals surface area contributed by atoms with Gasteiger partial charge in [-0.2, -0.15) is 5.10 Å². The molecule has 0 spiro atoms. The highest BCUT2D eigenvalue weighted by atomic mass is 16.7. The van der Waals surface area contributed by atoms with Gasteiger partial charge >= 0.3 is 11.7 Å². The van der Waals surface area contributed by atoms with Crippen LogP contribution in [0.3, 0.4) is 0 Å². The molecule has 0 amide bonds. The molecule has 132 valence electrons. The summed E-state index contributed by atoms with van der Waals surface area (Å²) < 4.78 is 1.13. The van der Waals surface area contributed by atoms with Gasteiger partial charge in [0.05, 0.1) is 4.92 Å². The summed E-state index contributed by atoms with van der Waals surface area (Å²) in [6.45, 7) is 4.74. The van der Waals surface area contributed by atoms with Crippen LogP contribution in [-0.4, -0.2) is 26.5 Å². The molecule has 0 saturated carbocycles. The molecule has 0 aliphatic rings. The maximum Gasteiger partial charge on any atom is 0.361 e. The fourth-order valence-electron chi connectivity index (χ4n) is 1.99. The minimum Gasteiger partial charge on any atom is -0.398 e. The Bertz CT molecular complexity index is 855. The molecule has 4 N–H and O–H groups in total. The lowest BCUT2D eigenvalue weighted by atomic mass is 10.1. The maximum atomic E-state index is 12.3. The summed E-state index contributed by atoms with van der Waals surface area (Å²) in [5.41, 5.74) is 11.9. The van der Waals surface area contributed by atoms with Crippen LogP contribution in [0.15, 0.2) is 35.7 Å². The van der Waals surface area contributed by atoms with Crippen molar-refractivity contribution in [3.63, 3.8) is 0 Å². The smallest absolute Gasteiger partial charge is 0.361 e. The Morgan fingerprint density at radius 3 is 2.72 bits per heavy atom. The Morgan fingerprint density at radius 2 is 2.12 bits per heavy atom. The summed E-state index contributed by atoms with van der Waals surface area (Å²) in [5.74, 6) is -0.796. The van der Waals surface area contributed by atoms with E-state index in [0.29, 0.717) is 16.8 Å². The van der Waals surface area contributed by atoms with E-state index in [2.05, 4.69) is 10.3 Å². The van der Waals surface area contributed by atoms with Crippen LogP contribution in [0.25, 0.3) is 0 Å². The fraction of sp³-hybridized carbons (Fsp3) is 0.267. The molecule has 2 aromatic rings. The van der Waals surface area contributed by atoms with E-state index in [-0.39, 0.29) is 11.5 Å². The van der Waals surface area contributed by atoms with Gasteiger partial charge in [0, 0.05) is 11.3 Å². The van der Waals surface area contributed by atoms with E-state index in [1.807, 2.05) is 0 Å². The van der Waals surface area contributed by atoms with Crippen molar-refractivity contribution in [2.24, 2.45) is 10.9 Å². The van der Waals surface area contributed by atoms with Crippen molar-refractivity contribution in [1.29, 1.82) is 0 Å². The van der Waals surface area contributed by atoms with Crippen molar-refractivity contribution < 1.29 is 14.6 Å². The number of carbonyl (C=O) groups excluding carboxylic acids is 1. The number of nitrogen functional groups attached to an aromatic ring is 1. The third-order valence-electron chi connectivity index (χ3n) is 3.73. The summed E-state index contributed by atoms with van der Waals surface area (Å²) in [7, 11) is 0. The Hall–Kier alpha value is -3.43. The number of nitrogens with zero attached hydrogens (tertiary/aromatic N) is 4. The zero-order chi connectivity index (χ0) is 18.8. The third-order valence-corrected chi connectivity index (χ3v) is 3.73. The molecule has 25 heavy (non-hydrogen) atoms. The average Bonchev–Trinajstić information content (AvgIpc) is 3.05. The van der Waals surface area contributed by atoms with Crippen LogP contribution < -0.4 is 11.5 Å². The lowest BCUT2D eigenvalue weighted by molar-refractivity contribution is -0.385. The predicted octanol–water partition coefficient (Wildman–Crippen LogP) is 1.28. The summed E-state index contributed by atoms with van der Waals surface area (Å²) in [5, 5.41) is 18.2. The number of rotatable bonds is 5. The second-order valence-electron chi connectivity index (χ2n) is 5.83. The number of nitrogens with two attached hydrogens (primary N) is 2. The number of hydrogen-bond donors (Lipinski definition) is 2. The van der Waals surface area contributed by atoms with Gasteiger partial charge < -0.3 is 16.3 Å². The normalized spacial score (nSPS) is 12.0. The molecule has 0 saturated heterocycles. The second-order valence-corrected chi connectivity index (χ2v) is 5.83. The van der Waals surface area contributed by atoms with Gasteiger partial charge in [0.25, 0.3) is 0 Å². The van der Waals surface area contributed by atoms with Crippen LogP contribution in [-0.2, 0) is 15.2 Å². The number of amidine groups is 1. The van der Waals surface area contributed by atoms with Crippen molar-refractivity contribution in [1.82, 2.24) is 9.78 Å². The number of carbonyl (C=O) groups is 1. The zero-order valence-electron chi connectivity index (χ0n) is 14.0. The predicted molar refractivity (Wildman–Crippen MR) is 90.6 cm³/mol. The molecule has 0 aliphatic carbocycles. The highest BCUT2D eigenvalue weighted by Crippen LogP contribution is 2.20. The number of benzene rings is 1. The lowest BCUT2D eigenvalue weighted by Crippen LogP contribution is -2.37. The molecule has 10 heteroatoms. The maximum absolute atomic E-state index is 12.3. The van der Waals surface area contributed by atoms with E-state index < -0.39 is 16.4 Å². The van der Waals surface area contributed by atoms with E-state index in [1.165, 1.54) is 13.8 Å². The van der Waals surface area contributed by atoms with Gasteiger partial charge in [-0.05, 0) is 32.4 Å². The van der Waals surface area contributed by atoms with Crippen LogP contribution >= 0.6 is 0 Å². The van der Waals surface area contributed by atoms with Gasteiger partial charge in [-0.1, -0.05) is 17.3 Å². The highest BCUT2D eigenvalue weighted by molar-refractivity contribution is 5.99. The number of hydrogen-bond acceptors (Lipinski definition) is 7. The third kappa shape index (κ3) is 3.57. The van der Waals surface area contributed by atoms with Crippen LogP contribution in [0.1, 0.15) is 25.0 Å². The van der Waals surface area contributed by atoms with E-state index >= 15 is 0 Å². The number of aromatic nitrogens is 2. The molecule has 1 aromatic carbocycles. The van der Waals surface area contributed by atoms with Gasteiger partial charge in [-0.3, -0.25) is 10.1 Å². The van der Waals surface area contributed by atoms with Crippen LogP contribution in [0.2, 0.25) is 0 Å². The van der Waals surface area contributed by atoms with E-state index in [9.17, 15) is 14.9 Å². The lowest BCUT2D eigenvalue weighted by Gasteiger charge is -2.20. The minimum atomic E-state index is -1.32. The van der Waals surface area contributed by atoms with Crippen molar-refractivity contribution in [3.8, 4) is 0 Å². The standard InChI is InChI=1S/C15H18N6O4/c1-9-11(5-4-6-12(9)16)13(17)19-25-14(22)15(2,3)20-8-10(7-18-20)21(23)24/h4-8H,16H2,1-3H3,(H2,17,19). The fourth-order valence-corrected chi connectivity index (χ4v) is 1.99. The molecule has 1 aromatic heterocycles. The second kappa shape index (κ2) is 6.59. The number of oxime groups is 1. The molecule has 1 heterocycles. The van der Waals surface area contributed by atoms with E-state index in [1.54, 1.807) is 25.1 Å².